The van der Waals surface area contributed by atoms with Gasteiger partial charge >= 0.3 is 101 Å². The molecule has 0 atom stereocenters. The first-order valence-corrected chi connectivity index (χ1v) is 5.43. The van der Waals surface area contributed by atoms with Crippen molar-refractivity contribution in [3.8, 4) is 11.5 Å². The van der Waals surface area contributed by atoms with Gasteiger partial charge in [-0.05, 0) is 0 Å². The summed E-state index contributed by atoms with van der Waals surface area (Å²) in [5.41, 5.74) is 0. The zero-order valence-electron chi connectivity index (χ0n) is 10.2. The second kappa shape index (κ2) is 5.49. The molecule has 1 aromatic rings. The molecule has 1 rings (SSSR count). The van der Waals surface area contributed by atoms with Crippen LogP contribution in [0.15, 0.2) is 18.2 Å². The molecule has 15 heavy (non-hydrogen) atoms. The maximum atomic E-state index is 5.69. The van der Waals surface area contributed by atoms with Crippen LogP contribution in [0.3, 0.4) is 0 Å². The molecule has 3 heteroatoms. The summed E-state index contributed by atoms with van der Waals surface area (Å²) in [7, 11) is 0. The van der Waals surface area contributed by atoms with Crippen LogP contribution < -0.4 is 13.7 Å². The molecule has 0 saturated carbocycles. The van der Waals surface area contributed by atoms with Crippen molar-refractivity contribution < 1.29 is 9.47 Å². The van der Waals surface area contributed by atoms with Crippen molar-refractivity contribution in [1.82, 2.24) is 0 Å². The van der Waals surface area contributed by atoms with Crippen molar-refractivity contribution in [2.75, 3.05) is 0 Å². The summed E-state index contributed by atoms with van der Waals surface area (Å²) in [6.45, 7) is 8.09. The molecule has 0 amide bonds. The summed E-state index contributed by atoms with van der Waals surface area (Å²) in [6, 6.07) is 5.91. The summed E-state index contributed by atoms with van der Waals surface area (Å²) in [4.78, 5) is 0. The van der Waals surface area contributed by atoms with Crippen LogP contribution in [-0.4, -0.2) is 29.9 Å². The van der Waals surface area contributed by atoms with Crippen molar-refractivity contribution in [2.24, 2.45) is 0 Å². The van der Waals surface area contributed by atoms with Gasteiger partial charge in [0.2, 0.25) is 0 Å². The first-order valence-electron chi connectivity index (χ1n) is 5.43. The van der Waals surface area contributed by atoms with Gasteiger partial charge in [0.25, 0.3) is 0 Å². The van der Waals surface area contributed by atoms with E-state index in [2.05, 4.69) is 0 Å². The molecule has 0 bridgehead atoms. The van der Waals surface area contributed by atoms with Gasteiger partial charge in [0, 0.05) is 0 Å². The Morgan fingerprint density at radius 1 is 0.933 bits per heavy atom. The SMILES string of the molecule is [Li][c]1c(OC(C)C)cccc1OC(C)C. The van der Waals surface area contributed by atoms with Crippen molar-refractivity contribution in [3.05, 3.63) is 18.2 Å². The van der Waals surface area contributed by atoms with E-state index < -0.39 is 0 Å². The summed E-state index contributed by atoms with van der Waals surface area (Å²) >= 11 is 2.02. The molecule has 0 spiro atoms. The fourth-order valence-electron chi connectivity index (χ4n) is 1.36. The fraction of sp³-hybridized carbons (Fsp3) is 0.500. The Kier molecular flexibility index (Phi) is 4.57. The van der Waals surface area contributed by atoms with E-state index in [9.17, 15) is 0 Å². The van der Waals surface area contributed by atoms with Gasteiger partial charge in [0.05, 0.1) is 0 Å². The van der Waals surface area contributed by atoms with E-state index >= 15 is 0 Å². The van der Waals surface area contributed by atoms with E-state index in [1.54, 1.807) is 0 Å². The topological polar surface area (TPSA) is 18.5 Å². The molecule has 0 unspecified atom stereocenters. The molecule has 0 radical (unpaired) electrons. The molecule has 2 nitrogen and oxygen atoms in total. The van der Waals surface area contributed by atoms with E-state index in [0.29, 0.717) is 0 Å². The van der Waals surface area contributed by atoms with E-state index in [0.717, 1.165) is 15.7 Å². The molecule has 0 aromatic heterocycles. The van der Waals surface area contributed by atoms with Gasteiger partial charge in [-0.15, -0.1) is 0 Å². The van der Waals surface area contributed by atoms with Gasteiger partial charge in [0.1, 0.15) is 0 Å². The Labute approximate surface area is 101 Å². The van der Waals surface area contributed by atoms with Crippen molar-refractivity contribution >= 4 is 22.0 Å². The van der Waals surface area contributed by atoms with Gasteiger partial charge in [-0.2, -0.15) is 0 Å². The molecule has 0 aliphatic heterocycles. The molecule has 0 fully saturated rings. The van der Waals surface area contributed by atoms with Crippen LogP contribution in [0.5, 0.6) is 11.5 Å². The Bertz CT molecular complexity index is 293. The van der Waals surface area contributed by atoms with E-state index in [-0.39, 0.29) is 12.2 Å². The molecule has 78 valence electrons. The Morgan fingerprint density at radius 2 is 1.33 bits per heavy atom. The molecule has 0 aliphatic carbocycles. The van der Waals surface area contributed by atoms with Gasteiger partial charge in [-0.25, -0.2) is 0 Å². The fourth-order valence-corrected chi connectivity index (χ4v) is 1.36. The maximum absolute atomic E-state index is 5.69. The predicted molar refractivity (Wildman–Crippen MR) is 63.4 cm³/mol. The number of hydrogen-bond donors (Lipinski definition) is 0. The predicted octanol–water partition coefficient (Wildman–Crippen LogP) is 2.05. The summed E-state index contributed by atoms with van der Waals surface area (Å²) in [5.74, 6) is 1.81. The normalized spacial score (nSPS) is 10.9. The number of hydrogen-bond acceptors (Lipinski definition) is 2. The zero-order valence-corrected chi connectivity index (χ0v) is 10.2. The van der Waals surface area contributed by atoms with Gasteiger partial charge in [0.15, 0.2) is 0 Å². The van der Waals surface area contributed by atoms with Crippen LogP contribution in [0.1, 0.15) is 27.7 Å². The first-order chi connectivity index (χ1) is 7.00. The van der Waals surface area contributed by atoms with Crippen LogP contribution in [0.4, 0.5) is 0 Å². The first kappa shape index (κ1) is 12.5. The third-order valence-electron chi connectivity index (χ3n) is 1.96. The Morgan fingerprint density at radius 3 is 1.67 bits per heavy atom. The molecule has 0 aliphatic rings. The third kappa shape index (κ3) is 3.81. The molecular formula is C12H17LiO2. The van der Waals surface area contributed by atoms with E-state index in [4.69, 9.17) is 9.47 Å². The second-order valence-corrected chi connectivity index (χ2v) is 4.21. The van der Waals surface area contributed by atoms with Gasteiger partial charge < -0.3 is 0 Å². The third-order valence-corrected chi connectivity index (χ3v) is 1.96. The van der Waals surface area contributed by atoms with Gasteiger partial charge in [-0.3, -0.25) is 0 Å². The van der Waals surface area contributed by atoms with E-state index in [1.165, 1.54) is 0 Å². The molecule has 0 saturated heterocycles. The van der Waals surface area contributed by atoms with Crippen LogP contribution in [0.2, 0.25) is 0 Å². The quantitative estimate of drug-likeness (QED) is 0.692. The number of rotatable bonds is 4. The Hall–Kier alpha value is -0.583. The zero-order chi connectivity index (χ0) is 11.4. The van der Waals surface area contributed by atoms with Gasteiger partial charge in [-0.1, -0.05) is 0 Å². The van der Waals surface area contributed by atoms with Crippen LogP contribution in [-0.2, 0) is 0 Å². The summed E-state index contributed by atoms with van der Waals surface area (Å²) < 4.78 is 12.4. The Balaban J connectivity index is 2.90. The molecular weight excluding hydrogens is 183 g/mol. The van der Waals surface area contributed by atoms with Crippen molar-refractivity contribution in [3.63, 3.8) is 0 Å². The molecule has 0 heterocycles. The van der Waals surface area contributed by atoms with Crippen LogP contribution >= 0.6 is 0 Å². The minimum atomic E-state index is 0.193. The standard InChI is InChI=1S/C12H17O2.Li/c1-9(2)13-11-6-5-7-12(8-11)14-10(3)4;/h5-7,9-10H,1-4H3;. The second-order valence-electron chi connectivity index (χ2n) is 4.21. The average Bonchev–Trinajstić information content (AvgIpc) is 2.10. The average molecular weight is 200 g/mol. The monoisotopic (exact) mass is 200 g/mol. The van der Waals surface area contributed by atoms with Crippen LogP contribution in [0, 0.1) is 0 Å². The molecule has 0 N–H and O–H groups in total. The van der Waals surface area contributed by atoms with Crippen molar-refractivity contribution in [2.45, 2.75) is 39.9 Å². The van der Waals surface area contributed by atoms with Crippen molar-refractivity contribution in [1.29, 1.82) is 0 Å². The molecule has 1 aromatic carbocycles. The number of benzene rings is 1. The minimum absolute atomic E-state index is 0.193. The van der Waals surface area contributed by atoms with Crippen LogP contribution in [0.25, 0.3) is 0 Å². The number of ether oxygens (including phenoxy) is 2. The van der Waals surface area contributed by atoms with E-state index in [1.807, 2.05) is 63.6 Å². The summed E-state index contributed by atoms with van der Waals surface area (Å²) in [6.07, 6.45) is 0.385. The summed E-state index contributed by atoms with van der Waals surface area (Å²) in [5, 5.41) is 0.